The van der Waals surface area contributed by atoms with Crippen LogP contribution >= 0.6 is 0 Å². The number of hydrogen-bond acceptors (Lipinski definition) is 5. The van der Waals surface area contributed by atoms with Crippen LogP contribution in [0.3, 0.4) is 0 Å². The van der Waals surface area contributed by atoms with Crippen LogP contribution in [0, 0.1) is 0 Å². The lowest BCUT2D eigenvalue weighted by Gasteiger charge is -2.15. The molecule has 19 heavy (non-hydrogen) atoms. The maximum atomic E-state index is 11.6. The molecule has 0 heterocycles. The number of nitrogens with two attached hydrogens (primary N) is 1. The average molecular weight is 274 g/mol. The average Bonchev–Trinajstić information content (AvgIpc) is 2.39. The molecule has 0 radical (unpaired) electrons. The van der Waals surface area contributed by atoms with Crippen LogP contribution in [0.1, 0.15) is 19.3 Å². The van der Waals surface area contributed by atoms with Crippen molar-refractivity contribution in [3.63, 3.8) is 0 Å². The Morgan fingerprint density at radius 2 is 1.89 bits per heavy atom. The van der Waals surface area contributed by atoms with Gasteiger partial charge in [0.2, 0.25) is 11.8 Å². The Kier molecular flexibility index (Phi) is 9.37. The van der Waals surface area contributed by atoms with Gasteiger partial charge in [0.05, 0.1) is 12.6 Å². The van der Waals surface area contributed by atoms with Gasteiger partial charge in [-0.15, -0.1) is 0 Å². The zero-order chi connectivity index (χ0) is 14.7. The van der Waals surface area contributed by atoms with Crippen molar-refractivity contribution < 1.29 is 19.5 Å². The highest BCUT2D eigenvalue weighted by atomic mass is 16.4. The fourth-order valence-electron chi connectivity index (χ4n) is 1.47. The molecular formula is C11H22N4O4. The van der Waals surface area contributed by atoms with Gasteiger partial charge in [-0.05, 0) is 26.3 Å². The van der Waals surface area contributed by atoms with Crippen LogP contribution < -0.4 is 21.7 Å². The lowest BCUT2D eigenvalue weighted by molar-refractivity contribution is -0.138. The number of carboxylic acid groups (broad SMARTS) is 1. The third kappa shape index (κ3) is 8.97. The van der Waals surface area contributed by atoms with Gasteiger partial charge in [0, 0.05) is 6.54 Å². The number of carbonyl (C=O) groups excluding carboxylic acids is 2. The van der Waals surface area contributed by atoms with E-state index in [-0.39, 0.29) is 24.9 Å². The molecule has 0 aromatic carbocycles. The first-order valence-electron chi connectivity index (χ1n) is 6.14. The van der Waals surface area contributed by atoms with E-state index >= 15 is 0 Å². The summed E-state index contributed by atoms with van der Waals surface area (Å²) in [6.45, 7) is 0.101. The summed E-state index contributed by atoms with van der Waals surface area (Å²) in [4.78, 5) is 32.7. The molecule has 110 valence electrons. The maximum absolute atomic E-state index is 11.6. The number of rotatable bonds is 10. The molecule has 0 unspecified atom stereocenters. The Bertz CT molecular complexity index is 309. The van der Waals surface area contributed by atoms with E-state index in [2.05, 4.69) is 16.0 Å². The Balaban J connectivity index is 3.77. The number of likely N-dealkylation sites (N-methyl/N-ethyl adjacent to an activating group) is 1. The van der Waals surface area contributed by atoms with Crippen LogP contribution in [-0.2, 0) is 14.4 Å². The van der Waals surface area contributed by atoms with Gasteiger partial charge >= 0.3 is 5.97 Å². The van der Waals surface area contributed by atoms with E-state index in [0.717, 1.165) is 12.8 Å². The predicted octanol–water partition coefficient (Wildman–Crippen LogP) is -1.98. The molecule has 0 spiro atoms. The zero-order valence-electron chi connectivity index (χ0n) is 11.1. The summed E-state index contributed by atoms with van der Waals surface area (Å²) >= 11 is 0. The first-order chi connectivity index (χ1) is 9.01. The molecule has 0 aliphatic heterocycles. The van der Waals surface area contributed by atoms with Crippen molar-refractivity contribution in [2.45, 2.75) is 25.3 Å². The van der Waals surface area contributed by atoms with Gasteiger partial charge < -0.3 is 26.8 Å². The maximum Gasteiger partial charge on any atom is 0.322 e. The SMILES string of the molecule is CN[C@@H](CCCCNC(=O)CN)C(=O)NCC(=O)O. The first kappa shape index (κ1) is 17.3. The molecule has 0 rings (SSSR count). The van der Waals surface area contributed by atoms with Crippen LogP contribution in [0.2, 0.25) is 0 Å². The molecule has 0 aromatic heterocycles. The van der Waals surface area contributed by atoms with E-state index in [9.17, 15) is 14.4 Å². The summed E-state index contributed by atoms with van der Waals surface area (Å²) in [5, 5.41) is 16.2. The molecule has 2 amide bonds. The van der Waals surface area contributed by atoms with Gasteiger partial charge in [0.1, 0.15) is 6.54 Å². The lowest BCUT2D eigenvalue weighted by atomic mass is 10.1. The van der Waals surface area contributed by atoms with Crippen LogP contribution in [0.25, 0.3) is 0 Å². The van der Waals surface area contributed by atoms with Gasteiger partial charge in [0.25, 0.3) is 0 Å². The van der Waals surface area contributed by atoms with Gasteiger partial charge in [-0.1, -0.05) is 0 Å². The fraction of sp³-hybridized carbons (Fsp3) is 0.727. The number of unbranched alkanes of at least 4 members (excludes halogenated alkanes) is 1. The van der Waals surface area contributed by atoms with E-state index < -0.39 is 12.0 Å². The van der Waals surface area contributed by atoms with Crippen LogP contribution in [0.4, 0.5) is 0 Å². The van der Waals surface area contributed by atoms with E-state index in [1.807, 2.05) is 0 Å². The van der Waals surface area contributed by atoms with Crippen LogP contribution in [0.15, 0.2) is 0 Å². The smallest absolute Gasteiger partial charge is 0.322 e. The molecule has 0 bridgehead atoms. The summed E-state index contributed by atoms with van der Waals surface area (Å²) in [5.74, 6) is -1.62. The summed E-state index contributed by atoms with van der Waals surface area (Å²) in [6, 6.07) is -0.426. The highest BCUT2D eigenvalue weighted by molar-refractivity contribution is 5.85. The number of aliphatic carboxylic acids is 1. The van der Waals surface area contributed by atoms with Crippen molar-refractivity contribution in [2.24, 2.45) is 5.73 Å². The normalized spacial score (nSPS) is 11.7. The highest BCUT2D eigenvalue weighted by Gasteiger charge is 2.16. The van der Waals surface area contributed by atoms with Crippen molar-refractivity contribution in [2.75, 3.05) is 26.7 Å². The minimum absolute atomic E-state index is 0.0310. The molecule has 8 nitrogen and oxygen atoms in total. The third-order valence-electron chi connectivity index (χ3n) is 2.51. The van der Waals surface area contributed by atoms with E-state index in [1.54, 1.807) is 7.05 Å². The molecule has 1 atom stereocenters. The zero-order valence-corrected chi connectivity index (χ0v) is 11.1. The van der Waals surface area contributed by atoms with Crippen molar-refractivity contribution in [1.29, 1.82) is 0 Å². The van der Waals surface area contributed by atoms with Crippen molar-refractivity contribution in [1.82, 2.24) is 16.0 Å². The van der Waals surface area contributed by atoms with Crippen LogP contribution in [-0.4, -0.2) is 55.6 Å². The largest absolute Gasteiger partial charge is 0.480 e. The van der Waals surface area contributed by atoms with Gasteiger partial charge in [0.15, 0.2) is 0 Å². The molecule has 0 fully saturated rings. The van der Waals surface area contributed by atoms with Crippen molar-refractivity contribution in [3.8, 4) is 0 Å². The van der Waals surface area contributed by atoms with Crippen LogP contribution in [0.5, 0.6) is 0 Å². The topological polar surface area (TPSA) is 134 Å². The first-order valence-corrected chi connectivity index (χ1v) is 6.14. The Labute approximate surface area is 112 Å². The molecule has 0 saturated heterocycles. The molecule has 0 saturated carbocycles. The minimum atomic E-state index is -1.08. The Morgan fingerprint density at radius 3 is 2.42 bits per heavy atom. The summed E-state index contributed by atoms with van der Waals surface area (Å²) < 4.78 is 0. The Morgan fingerprint density at radius 1 is 1.21 bits per heavy atom. The summed E-state index contributed by atoms with van der Waals surface area (Å²) in [5.41, 5.74) is 5.13. The molecule has 0 aliphatic rings. The molecular weight excluding hydrogens is 252 g/mol. The van der Waals surface area contributed by atoms with E-state index in [0.29, 0.717) is 13.0 Å². The molecule has 0 aliphatic carbocycles. The quantitative estimate of drug-likeness (QED) is 0.293. The second-order valence-corrected chi connectivity index (χ2v) is 4.00. The second kappa shape index (κ2) is 10.3. The number of nitrogens with one attached hydrogen (secondary N) is 3. The molecule has 6 N–H and O–H groups in total. The monoisotopic (exact) mass is 274 g/mol. The molecule has 0 aromatic rings. The van der Waals surface area contributed by atoms with Crippen molar-refractivity contribution >= 4 is 17.8 Å². The number of carbonyl (C=O) groups is 3. The molecule has 8 heteroatoms. The highest BCUT2D eigenvalue weighted by Crippen LogP contribution is 2.00. The fourth-order valence-corrected chi connectivity index (χ4v) is 1.47. The summed E-state index contributed by atoms with van der Waals surface area (Å²) in [6.07, 6.45) is 2.04. The Hall–Kier alpha value is -1.67. The third-order valence-corrected chi connectivity index (χ3v) is 2.51. The van der Waals surface area contributed by atoms with Gasteiger partial charge in [-0.25, -0.2) is 0 Å². The second-order valence-electron chi connectivity index (χ2n) is 4.00. The van der Waals surface area contributed by atoms with Gasteiger partial charge in [-0.2, -0.15) is 0 Å². The predicted molar refractivity (Wildman–Crippen MR) is 69.4 cm³/mol. The van der Waals surface area contributed by atoms with E-state index in [4.69, 9.17) is 10.8 Å². The minimum Gasteiger partial charge on any atom is -0.480 e. The number of carboxylic acids is 1. The van der Waals surface area contributed by atoms with Gasteiger partial charge in [-0.3, -0.25) is 14.4 Å². The lowest BCUT2D eigenvalue weighted by Crippen LogP contribution is -2.44. The summed E-state index contributed by atoms with van der Waals surface area (Å²) in [7, 11) is 1.64. The van der Waals surface area contributed by atoms with E-state index in [1.165, 1.54) is 0 Å². The number of hydrogen-bond donors (Lipinski definition) is 5. The van der Waals surface area contributed by atoms with Crippen molar-refractivity contribution in [3.05, 3.63) is 0 Å². The number of amides is 2. The standard InChI is InChI=1S/C11H22N4O4/c1-13-8(11(19)15-7-10(17)18)4-2-3-5-14-9(16)6-12/h8,13H,2-7,12H2,1H3,(H,14,16)(H,15,19)(H,17,18)/t8-/m0/s1.